The molecule has 9 heteroatoms. The molecule has 0 amide bonds. The molecule has 1 unspecified atom stereocenters. The van der Waals surface area contributed by atoms with E-state index in [1.165, 1.54) is 0 Å². The summed E-state index contributed by atoms with van der Waals surface area (Å²) < 4.78 is 49.4. The summed E-state index contributed by atoms with van der Waals surface area (Å²) in [6, 6.07) is 2.60. The van der Waals surface area contributed by atoms with Crippen LogP contribution in [-0.2, 0) is 0 Å². The van der Waals surface area contributed by atoms with Crippen molar-refractivity contribution in [3.05, 3.63) is 33.9 Å². The van der Waals surface area contributed by atoms with Gasteiger partial charge < -0.3 is 10.4 Å². The van der Waals surface area contributed by atoms with E-state index in [0.29, 0.717) is 6.07 Å². The lowest BCUT2D eigenvalue weighted by molar-refractivity contribution is -0.385. The summed E-state index contributed by atoms with van der Waals surface area (Å²) in [7, 11) is 0. The Labute approximate surface area is 105 Å². The minimum absolute atomic E-state index is 0.236. The number of rotatable bonds is 6. The maximum atomic E-state index is 12.7. The summed E-state index contributed by atoms with van der Waals surface area (Å²) in [5.41, 5.74) is -1.45. The third-order valence-electron chi connectivity index (χ3n) is 2.27. The largest absolute Gasteiger partial charge is 0.385 e. The molecular formula is C10H10F4N2O3. The van der Waals surface area contributed by atoms with Crippen molar-refractivity contribution in [2.75, 3.05) is 11.9 Å². The van der Waals surface area contributed by atoms with E-state index in [1.807, 2.05) is 0 Å². The summed E-state index contributed by atoms with van der Waals surface area (Å²) in [6.45, 7) is -0.644. The second-order valence-corrected chi connectivity index (χ2v) is 3.61. The summed E-state index contributed by atoms with van der Waals surface area (Å²) in [6.07, 6.45) is -8.03. The number of nitro benzene ring substituents is 1. The van der Waals surface area contributed by atoms with Gasteiger partial charge in [-0.05, 0) is 6.07 Å². The molecule has 0 fully saturated rings. The SMILES string of the molecule is O=[N+]([O-])c1ccc(NCC(O)C(F)F)c(C(F)F)c1. The number of hydrogen-bond donors (Lipinski definition) is 2. The molecule has 1 atom stereocenters. The number of non-ortho nitro benzene ring substituents is 1. The lowest BCUT2D eigenvalue weighted by atomic mass is 10.1. The van der Waals surface area contributed by atoms with Gasteiger partial charge in [0.25, 0.3) is 18.5 Å². The first-order valence-electron chi connectivity index (χ1n) is 5.09. The molecule has 0 saturated heterocycles. The Hall–Kier alpha value is -1.90. The van der Waals surface area contributed by atoms with E-state index < -0.39 is 41.7 Å². The van der Waals surface area contributed by atoms with Crippen molar-refractivity contribution in [2.45, 2.75) is 19.0 Å². The third kappa shape index (κ3) is 4.05. The number of anilines is 1. The molecule has 0 saturated carbocycles. The van der Waals surface area contributed by atoms with E-state index in [-0.39, 0.29) is 5.69 Å². The van der Waals surface area contributed by atoms with Crippen LogP contribution < -0.4 is 5.32 Å². The van der Waals surface area contributed by atoms with Crippen LogP contribution in [0.1, 0.15) is 12.0 Å². The fraction of sp³-hybridized carbons (Fsp3) is 0.400. The number of benzene rings is 1. The molecule has 0 spiro atoms. The monoisotopic (exact) mass is 282 g/mol. The van der Waals surface area contributed by atoms with Gasteiger partial charge in [-0.1, -0.05) is 0 Å². The predicted octanol–water partition coefficient (Wildman–Crippen LogP) is 2.57. The first-order chi connectivity index (χ1) is 8.82. The molecule has 1 aromatic carbocycles. The minimum Gasteiger partial charge on any atom is -0.385 e. The summed E-state index contributed by atoms with van der Waals surface area (Å²) in [5.74, 6) is 0. The van der Waals surface area contributed by atoms with Gasteiger partial charge in [0.2, 0.25) is 0 Å². The molecule has 1 aromatic rings. The molecule has 0 radical (unpaired) electrons. The topological polar surface area (TPSA) is 75.4 Å². The number of nitrogens with zero attached hydrogens (tertiary/aromatic N) is 1. The molecule has 19 heavy (non-hydrogen) atoms. The lowest BCUT2D eigenvalue weighted by Crippen LogP contribution is -2.27. The van der Waals surface area contributed by atoms with Crippen molar-refractivity contribution < 1.29 is 27.6 Å². The zero-order chi connectivity index (χ0) is 14.6. The van der Waals surface area contributed by atoms with Crippen molar-refractivity contribution in [1.82, 2.24) is 0 Å². The molecule has 0 aromatic heterocycles. The highest BCUT2D eigenvalue weighted by Gasteiger charge is 2.20. The highest BCUT2D eigenvalue weighted by molar-refractivity contribution is 5.56. The Balaban J connectivity index is 2.91. The normalized spacial score (nSPS) is 12.8. The highest BCUT2D eigenvalue weighted by atomic mass is 19.3. The summed E-state index contributed by atoms with van der Waals surface area (Å²) in [5, 5.41) is 21.5. The van der Waals surface area contributed by atoms with E-state index in [2.05, 4.69) is 5.32 Å². The Morgan fingerprint density at radius 3 is 2.42 bits per heavy atom. The van der Waals surface area contributed by atoms with Crippen molar-refractivity contribution in [1.29, 1.82) is 0 Å². The van der Waals surface area contributed by atoms with Crippen LogP contribution in [0.2, 0.25) is 0 Å². The van der Waals surface area contributed by atoms with Crippen molar-refractivity contribution in [2.24, 2.45) is 0 Å². The van der Waals surface area contributed by atoms with Gasteiger partial charge in [-0.25, -0.2) is 17.6 Å². The number of nitro groups is 1. The van der Waals surface area contributed by atoms with Gasteiger partial charge in [-0.3, -0.25) is 10.1 Å². The van der Waals surface area contributed by atoms with Crippen molar-refractivity contribution >= 4 is 11.4 Å². The molecule has 0 aliphatic rings. The Morgan fingerprint density at radius 1 is 1.32 bits per heavy atom. The Kier molecular flexibility index (Phi) is 5.04. The van der Waals surface area contributed by atoms with Crippen LogP contribution in [-0.4, -0.2) is 29.1 Å². The number of halogens is 4. The smallest absolute Gasteiger partial charge is 0.270 e. The number of hydrogen-bond acceptors (Lipinski definition) is 4. The van der Waals surface area contributed by atoms with Gasteiger partial charge >= 0.3 is 0 Å². The van der Waals surface area contributed by atoms with Crippen LogP contribution in [0, 0.1) is 10.1 Å². The second kappa shape index (κ2) is 6.32. The molecule has 0 aliphatic heterocycles. The first kappa shape index (κ1) is 15.2. The van der Waals surface area contributed by atoms with Crippen molar-refractivity contribution in [3.8, 4) is 0 Å². The Morgan fingerprint density at radius 2 is 1.95 bits per heavy atom. The molecule has 0 heterocycles. The zero-order valence-corrected chi connectivity index (χ0v) is 9.39. The highest BCUT2D eigenvalue weighted by Crippen LogP contribution is 2.30. The van der Waals surface area contributed by atoms with Gasteiger partial charge in [0.1, 0.15) is 6.10 Å². The Bertz CT molecular complexity index is 456. The molecule has 0 aliphatic carbocycles. The quantitative estimate of drug-likeness (QED) is 0.477. The summed E-state index contributed by atoms with van der Waals surface area (Å²) in [4.78, 5) is 9.60. The van der Waals surface area contributed by atoms with Gasteiger partial charge in [-0.15, -0.1) is 0 Å². The number of alkyl halides is 4. The van der Waals surface area contributed by atoms with Crippen LogP contribution >= 0.6 is 0 Å². The number of aliphatic hydroxyl groups excluding tert-OH is 1. The number of nitrogens with one attached hydrogen (secondary N) is 1. The molecule has 2 N–H and O–H groups in total. The van der Waals surface area contributed by atoms with Crippen LogP contribution in [0.4, 0.5) is 28.9 Å². The van der Waals surface area contributed by atoms with E-state index in [9.17, 15) is 27.7 Å². The first-order valence-corrected chi connectivity index (χ1v) is 5.09. The van der Waals surface area contributed by atoms with E-state index in [1.54, 1.807) is 0 Å². The van der Waals surface area contributed by atoms with Crippen LogP contribution in [0.3, 0.4) is 0 Å². The van der Waals surface area contributed by atoms with Crippen LogP contribution in [0.15, 0.2) is 18.2 Å². The van der Waals surface area contributed by atoms with Gasteiger partial charge in [0, 0.05) is 29.9 Å². The number of aliphatic hydroxyl groups is 1. The van der Waals surface area contributed by atoms with Gasteiger partial charge in [0.05, 0.1) is 4.92 Å². The van der Waals surface area contributed by atoms with Crippen LogP contribution in [0.5, 0.6) is 0 Å². The predicted molar refractivity (Wildman–Crippen MR) is 58.6 cm³/mol. The molecule has 5 nitrogen and oxygen atoms in total. The average Bonchev–Trinajstić information content (AvgIpc) is 2.35. The second-order valence-electron chi connectivity index (χ2n) is 3.61. The van der Waals surface area contributed by atoms with Gasteiger partial charge in [0.15, 0.2) is 0 Å². The maximum absolute atomic E-state index is 12.7. The van der Waals surface area contributed by atoms with E-state index in [4.69, 9.17) is 5.11 Å². The molecule has 1 rings (SSSR count). The minimum atomic E-state index is -3.01. The van der Waals surface area contributed by atoms with Gasteiger partial charge in [-0.2, -0.15) is 0 Å². The molecule has 0 bridgehead atoms. The molecule has 106 valence electrons. The fourth-order valence-electron chi connectivity index (χ4n) is 1.31. The summed E-state index contributed by atoms with van der Waals surface area (Å²) >= 11 is 0. The van der Waals surface area contributed by atoms with E-state index >= 15 is 0 Å². The third-order valence-corrected chi connectivity index (χ3v) is 2.27. The lowest BCUT2D eigenvalue weighted by Gasteiger charge is -2.14. The maximum Gasteiger partial charge on any atom is 0.270 e. The van der Waals surface area contributed by atoms with Crippen LogP contribution in [0.25, 0.3) is 0 Å². The fourth-order valence-corrected chi connectivity index (χ4v) is 1.31. The van der Waals surface area contributed by atoms with Crippen molar-refractivity contribution in [3.63, 3.8) is 0 Å². The standard InChI is InChI=1S/C10H10F4N2O3/c11-9(12)6-3-5(16(18)19)1-2-7(6)15-4-8(17)10(13)14/h1-3,8-10,15,17H,4H2. The van der Waals surface area contributed by atoms with E-state index in [0.717, 1.165) is 12.1 Å². The zero-order valence-electron chi connectivity index (χ0n) is 9.39. The average molecular weight is 282 g/mol. The molecular weight excluding hydrogens is 272 g/mol.